The third-order valence-corrected chi connectivity index (χ3v) is 4.10. The summed E-state index contributed by atoms with van der Waals surface area (Å²) in [7, 11) is 1.81. The highest BCUT2D eigenvalue weighted by molar-refractivity contribution is 4.86. The van der Waals surface area contributed by atoms with Crippen LogP contribution in [0.15, 0.2) is 0 Å². The number of hydrogen-bond donors (Lipinski definition) is 2. The third-order valence-electron chi connectivity index (χ3n) is 4.10. The summed E-state index contributed by atoms with van der Waals surface area (Å²) in [6.07, 6.45) is 6.11. The lowest BCUT2D eigenvalue weighted by Crippen LogP contribution is -2.45. The van der Waals surface area contributed by atoms with E-state index in [0.29, 0.717) is 17.9 Å². The van der Waals surface area contributed by atoms with Crippen LogP contribution in [-0.4, -0.2) is 37.5 Å². The molecule has 3 heteroatoms. The monoisotopic (exact) mass is 213 g/mol. The van der Waals surface area contributed by atoms with Crippen LogP contribution >= 0.6 is 0 Å². The summed E-state index contributed by atoms with van der Waals surface area (Å²) in [6.45, 7) is 1.96. The Morgan fingerprint density at radius 3 is 2.87 bits per heavy atom. The molecule has 0 amide bonds. The summed E-state index contributed by atoms with van der Waals surface area (Å²) in [5, 5.41) is 13.4. The molecule has 88 valence electrons. The molecule has 2 N–H and O–H groups in total. The fourth-order valence-corrected chi connectivity index (χ4v) is 3.13. The van der Waals surface area contributed by atoms with Gasteiger partial charge in [-0.2, -0.15) is 0 Å². The molecule has 1 saturated carbocycles. The lowest BCUT2D eigenvalue weighted by atomic mass is 9.74. The maximum Gasteiger partial charge on any atom is 0.0595 e. The Hall–Kier alpha value is -0.120. The van der Waals surface area contributed by atoms with E-state index >= 15 is 0 Å². The molecule has 2 aliphatic rings. The average Bonchev–Trinajstić information content (AvgIpc) is 2.30. The fourth-order valence-electron chi connectivity index (χ4n) is 3.13. The Morgan fingerprint density at radius 1 is 1.27 bits per heavy atom. The van der Waals surface area contributed by atoms with E-state index in [-0.39, 0.29) is 6.10 Å². The molecule has 1 aliphatic heterocycles. The van der Waals surface area contributed by atoms with Gasteiger partial charge in [-0.1, -0.05) is 6.42 Å². The largest absolute Gasteiger partial charge is 0.393 e. The van der Waals surface area contributed by atoms with Crippen molar-refractivity contribution in [1.82, 2.24) is 5.32 Å². The second-order valence-corrected chi connectivity index (χ2v) is 5.01. The number of aliphatic hydroxyl groups is 1. The van der Waals surface area contributed by atoms with Crippen molar-refractivity contribution < 1.29 is 9.84 Å². The van der Waals surface area contributed by atoms with Crippen LogP contribution in [0.4, 0.5) is 0 Å². The Bertz CT molecular complexity index is 198. The standard InChI is InChI=1S/C12H23NO2/c1-15-10-4-2-3-9(7-10)11-8-13-6-5-12(11)14/h9-14H,2-8H2,1H3. The molecule has 3 nitrogen and oxygen atoms in total. The molecule has 2 rings (SSSR count). The lowest BCUT2D eigenvalue weighted by Gasteiger charge is -2.38. The molecule has 1 saturated heterocycles. The Labute approximate surface area is 92.2 Å². The number of aliphatic hydroxyl groups excluding tert-OH is 1. The van der Waals surface area contributed by atoms with Crippen molar-refractivity contribution in [2.24, 2.45) is 11.8 Å². The van der Waals surface area contributed by atoms with Crippen molar-refractivity contribution in [3.05, 3.63) is 0 Å². The molecular weight excluding hydrogens is 190 g/mol. The highest BCUT2D eigenvalue weighted by atomic mass is 16.5. The van der Waals surface area contributed by atoms with E-state index in [1.807, 2.05) is 7.11 Å². The first-order valence-electron chi connectivity index (χ1n) is 6.23. The molecule has 0 aromatic heterocycles. The quantitative estimate of drug-likeness (QED) is 0.723. The van der Waals surface area contributed by atoms with E-state index < -0.39 is 0 Å². The minimum absolute atomic E-state index is 0.0909. The SMILES string of the molecule is COC1CCCC(C2CNCCC2O)C1. The highest BCUT2D eigenvalue weighted by Gasteiger charge is 2.33. The van der Waals surface area contributed by atoms with Crippen molar-refractivity contribution in [3.8, 4) is 0 Å². The lowest BCUT2D eigenvalue weighted by molar-refractivity contribution is -0.00692. The number of ether oxygens (including phenoxy) is 1. The number of nitrogens with one attached hydrogen (secondary N) is 1. The van der Waals surface area contributed by atoms with Crippen LogP contribution in [-0.2, 0) is 4.74 Å². The van der Waals surface area contributed by atoms with Gasteiger partial charge in [0.25, 0.3) is 0 Å². The molecule has 2 fully saturated rings. The maximum atomic E-state index is 10.00. The zero-order chi connectivity index (χ0) is 10.7. The first-order chi connectivity index (χ1) is 7.31. The van der Waals surface area contributed by atoms with E-state index in [1.54, 1.807) is 0 Å². The molecule has 0 spiro atoms. The van der Waals surface area contributed by atoms with Gasteiger partial charge in [0, 0.05) is 19.6 Å². The van der Waals surface area contributed by atoms with Crippen molar-refractivity contribution in [2.75, 3.05) is 20.2 Å². The van der Waals surface area contributed by atoms with Crippen LogP contribution in [0.5, 0.6) is 0 Å². The van der Waals surface area contributed by atoms with Crippen LogP contribution in [0.25, 0.3) is 0 Å². The zero-order valence-electron chi connectivity index (χ0n) is 9.61. The Morgan fingerprint density at radius 2 is 2.13 bits per heavy atom. The fraction of sp³-hybridized carbons (Fsp3) is 1.00. The van der Waals surface area contributed by atoms with Crippen LogP contribution in [0, 0.1) is 11.8 Å². The van der Waals surface area contributed by atoms with Gasteiger partial charge in [0.15, 0.2) is 0 Å². The molecule has 4 atom stereocenters. The summed E-state index contributed by atoms with van der Waals surface area (Å²) >= 11 is 0. The van der Waals surface area contributed by atoms with Gasteiger partial charge in [0.05, 0.1) is 12.2 Å². The van der Waals surface area contributed by atoms with E-state index in [2.05, 4.69) is 5.32 Å². The predicted molar refractivity (Wildman–Crippen MR) is 59.7 cm³/mol. The average molecular weight is 213 g/mol. The van der Waals surface area contributed by atoms with Gasteiger partial charge >= 0.3 is 0 Å². The van der Waals surface area contributed by atoms with E-state index in [0.717, 1.165) is 25.9 Å². The van der Waals surface area contributed by atoms with E-state index in [9.17, 15) is 5.11 Å². The second kappa shape index (κ2) is 5.28. The van der Waals surface area contributed by atoms with Gasteiger partial charge in [0.2, 0.25) is 0 Å². The van der Waals surface area contributed by atoms with Crippen molar-refractivity contribution >= 4 is 0 Å². The first kappa shape index (κ1) is 11.4. The van der Waals surface area contributed by atoms with Crippen LogP contribution in [0.2, 0.25) is 0 Å². The molecule has 4 unspecified atom stereocenters. The molecule has 1 aliphatic carbocycles. The molecule has 1 heterocycles. The molecule has 0 aromatic rings. The number of hydrogen-bond acceptors (Lipinski definition) is 3. The second-order valence-electron chi connectivity index (χ2n) is 5.01. The van der Waals surface area contributed by atoms with Crippen molar-refractivity contribution in [1.29, 1.82) is 0 Å². The summed E-state index contributed by atoms with van der Waals surface area (Å²) in [6, 6.07) is 0. The summed E-state index contributed by atoms with van der Waals surface area (Å²) in [5.74, 6) is 1.11. The number of rotatable bonds is 2. The molecule has 15 heavy (non-hydrogen) atoms. The summed E-state index contributed by atoms with van der Waals surface area (Å²) in [4.78, 5) is 0. The topological polar surface area (TPSA) is 41.5 Å². The molecule has 0 bridgehead atoms. The van der Waals surface area contributed by atoms with Gasteiger partial charge in [-0.25, -0.2) is 0 Å². The predicted octanol–water partition coefficient (Wildman–Crippen LogP) is 1.16. The Balaban J connectivity index is 1.90. The normalized spacial score (nSPS) is 42.8. The molecule has 0 radical (unpaired) electrons. The molecular formula is C12H23NO2. The van der Waals surface area contributed by atoms with Crippen molar-refractivity contribution in [3.63, 3.8) is 0 Å². The third kappa shape index (κ3) is 2.71. The number of methoxy groups -OCH3 is 1. The van der Waals surface area contributed by atoms with Gasteiger partial charge in [-0.15, -0.1) is 0 Å². The highest BCUT2D eigenvalue weighted by Crippen LogP contribution is 2.34. The maximum absolute atomic E-state index is 10.00. The van der Waals surface area contributed by atoms with Gasteiger partial charge in [-0.05, 0) is 38.1 Å². The summed E-state index contributed by atoms with van der Waals surface area (Å²) < 4.78 is 5.45. The smallest absolute Gasteiger partial charge is 0.0595 e. The minimum Gasteiger partial charge on any atom is -0.393 e. The van der Waals surface area contributed by atoms with Crippen LogP contribution < -0.4 is 5.32 Å². The minimum atomic E-state index is -0.0909. The summed E-state index contributed by atoms with van der Waals surface area (Å²) in [5.41, 5.74) is 0. The van der Waals surface area contributed by atoms with Crippen LogP contribution in [0.1, 0.15) is 32.1 Å². The molecule has 0 aromatic carbocycles. The van der Waals surface area contributed by atoms with Crippen LogP contribution in [0.3, 0.4) is 0 Å². The van der Waals surface area contributed by atoms with E-state index in [4.69, 9.17) is 4.74 Å². The van der Waals surface area contributed by atoms with Gasteiger partial charge in [0.1, 0.15) is 0 Å². The van der Waals surface area contributed by atoms with E-state index in [1.165, 1.54) is 19.3 Å². The first-order valence-corrected chi connectivity index (χ1v) is 6.23. The zero-order valence-corrected chi connectivity index (χ0v) is 9.61. The van der Waals surface area contributed by atoms with Gasteiger partial charge in [-0.3, -0.25) is 0 Å². The number of piperidine rings is 1. The Kier molecular flexibility index (Phi) is 4.00. The van der Waals surface area contributed by atoms with Crippen molar-refractivity contribution in [2.45, 2.75) is 44.3 Å². The van der Waals surface area contributed by atoms with Gasteiger partial charge < -0.3 is 15.2 Å².